The summed E-state index contributed by atoms with van der Waals surface area (Å²) in [7, 11) is 0. The van der Waals surface area contributed by atoms with Crippen LogP contribution in [0.5, 0.6) is 0 Å². The molecule has 1 atom stereocenters. The number of hydrogen-bond donors (Lipinski definition) is 1. The van der Waals surface area contributed by atoms with Gasteiger partial charge in [0.05, 0.1) is 11.6 Å². The molecule has 2 aromatic rings. The molecule has 0 saturated carbocycles. The predicted molar refractivity (Wildman–Crippen MR) is 82.0 cm³/mol. The van der Waals surface area contributed by atoms with E-state index in [-0.39, 0.29) is 5.56 Å². The maximum Gasteiger partial charge on any atom is 0.335 e. The first kappa shape index (κ1) is 15.0. The first-order valence-electron chi connectivity index (χ1n) is 7.21. The molecule has 3 rings (SSSR count). The summed E-state index contributed by atoms with van der Waals surface area (Å²) >= 11 is 6.21. The SMILES string of the molecule is O=C(O)c1ccc(Cl)c(CN2CCCC(n3cncn3)C2)c1. The highest BCUT2D eigenvalue weighted by molar-refractivity contribution is 6.31. The van der Waals surface area contributed by atoms with E-state index in [2.05, 4.69) is 15.0 Å². The van der Waals surface area contributed by atoms with Crippen molar-refractivity contribution >= 4 is 17.6 Å². The minimum absolute atomic E-state index is 0.268. The maximum absolute atomic E-state index is 11.1. The molecule has 7 heteroatoms. The van der Waals surface area contributed by atoms with Gasteiger partial charge in [-0.3, -0.25) is 4.90 Å². The van der Waals surface area contributed by atoms with Crippen LogP contribution in [0.2, 0.25) is 5.02 Å². The summed E-state index contributed by atoms with van der Waals surface area (Å²) in [6.07, 6.45) is 5.43. The molecular weight excluding hydrogens is 304 g/mol. The zero-order valence-electron chi connectivity index (χ0n) is 12.0. The number of hydrogen-bond acceptors (Lipinski definition) is 4. The summed E-state index contributed by atoms with van der Waals surface area (Å²) in [6.45, 7) is 2.47. The molecular formula is C15H17ClN4O2. The molecule has 0 aliphatic carbocycles. The van der Waals surface area contributed by atoms with Crippen LogP contribution in [0.15, 0.2) is 30.9 Å². The Morgan fingerprint density at radius 2 is 2.32 bits per heavy atom. The van der Waals surface area contributed by atoms with Gasteiger partial charge in [-0.1, -0.05) is 11.6 Å². The lowest BCUT2D eigenvalue weighted by Gasteiger charge is -2.32. The van der Waals surface area contributed by atoms with Gasteiger partial charge in [0, 0.05) is 18.1 Å². The molecule has 1 aromatic heterocycles. The van der Waals surface area contributed by atoms with Crippen LogP contribution in [-0.4, -0.2) is 43.8 Å². The molecule has 0 radical (unpaired) electrons. The minimum Gasteiger partial charge on any atom is -0.478 e. The average molecular weight is 321 g/mol. The number of aromatic nitrogens is 3. The molecule has 116 valence electrons. The van der Waals surface area contributed by atoms with E-state index in [9.17, 15) is 4.79 Å². The number of halogens is 1. The van der Waals surface area contributed by atoms with Crippen molar-refractivity contribution in [1.29, 1.82) is 0 Å². The van der Waals surface area contributed by atoms with Crippen LogP contribution < -0.4 is 0 Å². The standard InChI is InChI=1S/C15H17ClN4O2/c16-14-4-3-11(15(21)22)6-12(14)7-19-5-1-2-13(8-19)20-10-17-9-18-20/h3-4,6,9-10,13H,1-2,5,7-8H2,(H,21,22). The van der Waals surface area contributed by atoms with Gasteiger partial charge >= 0.3 is 5.97 Å². The summed E-state index contributed by atoms with van der Waals surface area (Å²) in [5, 5.41) is 13.9. The Labute approximate surface area is 133 Å². The quantitative estimate of drug-likeness (QED) is 0.937. The molecule has 1 fully saturated rings. The highest BCUT2D eigenvalue weighted by Gasteiger charge is 2.22. The highest BCUT2D eigenvalue weighted by Crippen LogP contribution is 2.25. The Hall–Kier alpha value is -1.92. The monoisotopic (exact) mass is 320 g/mol. The van der Waals surface area contributed by atoms with Gasteiger partial charge in [0.15, 0.2) is 0 Å². The van der Waals surface area contributed by atoms with Crippen molar-refractivity contribution in [2.45, 2.75) is 25.4 Å². The summed E-state index contributed by atoms with van der Waals surface area (Å²) in [5.74, 6) is -0.933. The van der Waals surface area contributed by atoms with Gasteiger partial charge in [0.1, 0.15) is 12.7 Å². The number of aromatic carboxylic acids is 1. The fourth-order valence-electron chi connectivity index (χ4n) is 2.87. The molecule has 0 amide bonds. The van der Waals surface area contributed by atoms with E-state index >= 15 is 0 Å². The molecule has 1 aliphatic heterocycles. The summed E-state index contributed by atoms with van der Waals surface area (Å²) in [5.41, 5.74) is 1.12. The van der Waals surface area contributed by atoms with Gasteiger partial charge in [0.2, 0.25) is 0 Å². The third-order valence-corrected chi connectivity index (χ3v) is 4.35. The lowest BCUT2D eigenvalue weighted by Crippen LogP contribution is -2.36. The van der Waals surface area contributed by atoms with E-state index in [1.165, 1.54) is 6.07 Å². The first-order chi connectivity index (χ1) is 10.6. The summed E-state index contributed by atoms with van der Waals surface area (Å²) in [6, 6.07) is 5.14. The molecule has 22 heavy (non-hydrogen) atoms. The van der Waals surface area contributed by atoms with Crippen LogP contribution in [0.4, 0.5) is 0 Å². The predicted octanol–water partition coefficient (Wildman–Crippen LogP) is 2.47. The first-order valence-corrected chi connectivity index (χ1v) is 7.59. The molecule has 1 unspecified atom stereocenters. The van der Waals surface area contributed by atoms with Crippen LogP contribution in [0, 0.1) is 0 Å². The second-order valence-electron chi connectivity index (χ2n) is 5.52. The van der Waals surface area contributed by atoms with Crippen molar-refractivity contribution < 1.29 is 9.90 Å². The van der Waals surface area contributed by atoms with Crippen LogP contribution in [0.1, 0.15) is 34.8 Å². The van der Waals surface area contributed by atoms with E-state index in [1.54, 1.807) is 24.8 Å². The smallest absolute Gasteiger partial charge is 0.335 e. The molecule has 0 spiro atoms. The highest BCUT2D eigenvalue weighted by atomic mass is 35.5. The van der Waals surface area contributed by atoms with Crippen LogP contribution in [0.25, 0.3) is 0 Å². The molecule has 6 nitrogen and oxygen atoms in total. The third-order valence-electron chi connectivity index (χ3n) is 3.98. The summed E-state index contributed by atoms with van der Waals surface area (Å²) < 4.78 is 1.89. The topological polar surface area (TPSA) is 71.2 Å². The number of rotatable bonds is 4. The zero-order chi connectivity index (χ0) is 15.5. The second-order valence-corrected chi connectivity index (χ2v) is 5.93. The number of likely N-dealkylation sites (tertiary alicyclic amines) is 1. The summed E-state index contributed by atoms with van der Waals surface area (Å²) in [4.78, 5) is 17.4. The normalized spacial score (nSPS) is 19.2. The van der Waals surface area contributed by atoms with Crippen molar-refractivity contribution in [3.8, 4) is 0 Å². The van der Waals surface area contributed by atoms with Crippen molar-refractivity contribution in [1.82, 2.24) is 19.7 Å². The molecule has 2 heterocycles. The fraction of sp³-hybridized carbons (Fsp3) is 0.400. The lowest BCUT2D eigenvalue weighted by molar-refractivity contribution is 0.0696. The van der Waals surface area contributed by atoms with E-state index in [1.807, 2.05) is 4.68 Å². The van der Waals surface area contributed by atoms with Gasteiger partial charge in [0.25, 0.3) is 0 Å². The number of benzene rings is 1. The van der Waals surface area contributed by atoms with Crippen LogP contribution in [-0.2, 0) is 6.54 Å². The average Bonchev–Trinajstić information content (AvgIpc) is 3.04. The van der Waals surface area contributed by atoms with E-state index < -0.39 is 5.97 Å². The minimum atomic E-state index is -0.933. The van der Waals surface area contributed by atoms with Gasteiger partial charge in [-0.2, -0.15) is 5.10 Å². The van der Waals surface area contributed by atoms with Crippen molar-refractivity contribution in [3.63, 3.8) is 0 Å². The van der Waals surface area contributed by atoms with Crippen molar-refractivity contribution in [3.05, 3.63) is 47.0 Å². The van der Waals surface area contributed by atoms with Gasteiger partial charge in [-0.15, -0.1) is 0 Å². The van der Waals surface area contributed by atoms with E-state index in [4.69, 9.17) is 16.7 Å². The number of nitrogens with zero attached hydrogens (tertiary/aromatic N) is 4. The maximum atomic E-state index is 11.1. The number of piperidine rings is 1. The van der Waals surface area contributed by atoms with Crippen LogP contribution >= 0.6 is 11.6 Å². The number of carbonyl (C=O) groups is 1. The molecule has 0 bridgehead atoms. The second kappa shape index (κ2) is 6.46. The lowest BCUT2D eigenvalue weighted by atomic mass is 10.0. The van der Waals surface area contributed by atoms with Crippen molar-refractivity contribution in [2.75, 3.05) is 13.1 Å². The Kier molecular flexibility index (Phi) is 4.40. The van der Waals surface area contributed by atoms with Gasteiger partial charge < -0.3 is 5.11 Å². The Balaban J connectivity index is 1.72. The van der Waals surface area contributed by atoms with Gasteiger partial charge in [-0.25, -0.2) is 14.5 Å². The zero-order valence-corrected chi connectivity index (χ0v) is 12.8. The van der Waals surface area contributed by atoms with E-state index in [0.29, 0.717) is 17.6 Å². The number of carboxylic acid groups (broad SMARTS) is 1. The molecule has 1 aliphatic rings. The van der Waals surface area contributed by atoms with E-state index in [0.717, 1.165) is 31.5 Å². The molecule has 1 aromatic carbocycles. The van der Waals surface area contributed by atoms with Crippen LogP contribution in [0.3, 0.4) is 0 Å². The fourth-order valence-corrected chi connectivity index (χ4v) is 3.04. The van der Waals surface area contributed by atoms with Gasteiger partial charge in [-0.05, 0) is 43.1 Å². The number of carboxylic acids is 1. The Morgan fingerprint density at radius 1 is 1.45 bits per heavy atom. The molecule has 1 saturated heterocycles. The largest absolute Gasteiger partial charge is 0.478 e. The third kappa shape index (κ3) is 3.28. The Bertz CT molecular complexity index is 660. The molecule has 1 N–H and O–H groups in total. The van der Waals surface area contributed by atoms with Crippen molar-refractivity contribution in [2.24, 2.45) is 0 Å². The Morgan fingerprint density at radius 3 is 3.05 bits per heavy atom.